The molecule has 1 aromatic carbocycles. The summed E-state index contributed by atoms with van der Waals surface area (Å²) in [7, 11) is 0. The first-order chi connectivity index (χ1) is 13.8. The van der Waals surface area contributed by atoms with Gasteiger partial charge in [0, 0.05) is 17.6 Å². The number of Topliss-reactive ketones (excluding diaryl/α,β-unsaturated/α-hetero) is 1. The van der Waals surface area contributed by atoms with Crippen LogP contribution in [0, 0.1) is 17.2 Å². The van der Waals surface area contributed by atoms with Gasteiger partial charge < -0.3 is 15.4 Å². The maximum atomic E-state index is 12.8. The Hall–Kier alpha value is -2.37. The van der Waals surface area contributed by atoms with Crippen molar-refractivity contribution in [3.63, 3.8) is 0 Å². The number of hydrogen-bond acceptors (Lipinski definition) is 7. The van der Waals surface area contributed by atoms with E-state index in [1.54, 1.807) is 17.0 Å². The number of thioether (sulfide) groups is 1. The molecule has 2 N–H and O–H groups in total. The molecule has 2 saturated heterocycles. The lowest BCUT2D eigenvalue weighted by Gasteiger charge is -2.44. The maximum Gasteiger partial charge on any atom is 0.330 e. The number of unbranched alkanes of at least 4 members (excludes halogenated alkanes) is 1. The van der Waals surface area contributed by atoms with E-state index in [1.165, 1.54) is 11.8 Å². The Morgan fingerprint density at radius 2 is 2.03 bits per heavy atom. The normalized spacial score (nSPS) is 25.5. The minimum Gasteiger partial charge on any atom is -0.464 e. The fourth-order valence-corrected chi connectivity index (χ4v) is 5.53. The van der Waals surface area contributed by atoms with Gasteiger partial charge in [0.1, 0.15) is 6.04 Å². The molecule has 0 radical (unpaired) electrons. The Labute approximate surface area is 174 Å². The van der Waals surface area contributed by atoms with Gasteiger partial charge in [0.2, 0.25) is 5.91 Å². The zero-order valence-electron chi connectivity index (χ0n) is 16.5. The van der Waals surface area contributed by atoms with Crippen LogP contribution in [0.3, 0.4) is 0 Å². The van der Waals surface area contributed by atoms with Crippen LogP contribution in [-0.2, 0) is 19.1 Å². The van der Waals surface area contributed by atoms with Crippen LogP contribution in [0.1, 0.15) is 44.7 Å². The Morgan fingerprint density at radius 1 is 1.34 bits per heavy atom. The summed E-state index contributed by atoms with van der Waals surface area (Å²) in [4.78, 5) is 39.6. The molecule has 2 aliphatic heterocycles. The van der Waals surface area contributed by atoms with Crippen LogP contribution in [0.5, 0.6) is 0 Å². The molecular formula is C21H25N3O4S. The minimum atomic E-state index is -0.765. The average Bonchev–Trinajstić information content (AvgIpc) is 2.97. The van der Waals surface area contributed by atoms with E-state index in [2.05, 4.69) is 0 Å². The molecule has 1 amide bonds. The van der Waals surface area contributed by atoms with Gasteiger partial charge in [-0.05, 0) is 25.8 Å². The van der Waals surface area contributed by atoms with Crippen LogP contribution in [0.4, 0.5) is 0 Å². The number of nitrogens with two attached hydrogens (primary N) is 1. The Balaban J connectivity index is 1.64. The van der Waals surface area contributed by atoms with Crippen molar-refractivity contribution in [2.45, 2.75) is 55.3 Å². The summed E-state index contributed by atoms with van der Waals surface area (Å²) < 4.78 is 4.77. The Bertz CT molecular complexity index is 836. The van der Waals surface area contributed by atoms with E-state index in [1.807, 2.05) is 38.1 Å². The van der Waals surface area contributed by atoms with Crippen molar-refractivity contribution in [2.75, 3.05) is 6.61 Å². The second-order valence-corrected chi connectivity index (χ2v) is 9.63. The summed E-state index contributed by atoms with van der Waals surface area (Å²) >= 11 is 1.52. The number of rotatable bonds is 8. The number of esters is 1. The molecule has 0 aliphatic carbocycles. The van der Waals surface area contributed by atoms with Crippen LogP contribution < -0.4 is 5.73 Å². The Morgan fingerprint density at radius 3 is 2.69 bits per heavy atom. The number of fused-ring (bicyclic) bond motifs is 1. The van der Waals surface area contributed by atoms with Crippen molar-refractivity contribution >= 4 is 29.4 Å². The van der Waals surface area contributed by atoms with E-state index >= 15 is 0 Å². The predicted molar refractivity (Wildman–Crippen MR) is 108 cm³/mol. The summed E-state index contributed by atoms with van der Waals surface area (Å²) in [5.74, 6) is -1.32. The molecule has 3 rings (SSSR count). The minimum absolute atomic E-state index is 0.0586. The van der Waals surface area contributed by atoms with E-state index in [0.29, 0.717) is 12.8 Å². The highest BCUT2D eigenvalue weighted by Crippen LogP contribution is 2.54. The molecule has 0 spiro atoms. The number of ether oxygens (including phenoxy) is 1. The first-order valence-electron chi connectivity index (χ1n) is 9.64. The van der Waals surface area contributed by atoms with Gasteiger partial charge in [0.15, 0.2) is 5.78 Å². The second kappa shape index (κ2) is 8.56. The van der Waals surface area contributed by atoms with E-state index < -0.39 is 28.7 Å². The molecule has 0 unspecified atom stereocenters. The molecule has 1 aromatic rings. The molecule has 154 valence electrons. The van der Waals surface area contributed by atoms with Crippen molar-refractivity contribution in [2.24, 2.45) is 11.7 Å². The average molecular weight is 416 g/mol. The highest BCUT2D eigenvalue weighted by atomic mass is 32.2. The lowest BCUT2D eigenvalue weighted by Crippen LogP contribution is -2.63. The molecule has 7 nitrogen and oxygen atoms in total. The summed E-state index contributed by atoms with van der Waals surface area (Å²) in [6, 6.07) is 9.63. The number of nitriles is 1. The van der Waals surface area contributed by atoms with E-state index in [-0.39, 0.29) is 30.1 Å². The van der Waals surface area contributed by atoms with Crippen LogP contribution in [0.2, 0.25) is 0 Å². The zero-order valence-corrected chi connectivity index (χ0v) is 17.4. The molecule has 2 fully saturated rings. The number of ketones is 1. The fraction of sp³-hybridized carbons (Fsp3) is 0.524. The van der Waals surface area contributed by atoms with Crippen molar-refractivity contribution in [3.8, 4) is 6.07 Å². The number of carbonyl (C=O) groups is 3. The van der Waals surface area contributed by atoms with E-state index in [0.717, 1.165) is 5.56 Å². The molecule has 0 aromatic heterocycles. The van der Waals surface area contributed by atoms with Crippen LogP contribution in [0.25, 0.3) is 0 Å². The lowest BCUT2D eigenvalue weighted by atomic mass is 9.86. The van der Waals surface area contributed by atoms with Gasteiger partial charge in [-0.2, -0.15) is 5.26 Å². The number of carbonyl (C=O) groups excluding carboxylic acids is 3. The van der Waals surface area contributed by atoms with Crippen molar-refractivity contribution in [3.05, 3.63) is 35.9 Å². The smallest absolute Gasteiger partial charge is 0.330 e. The summed E-state index contributed by atoms with van der Waals surface area (Å²) in [6.45, 7) is 3.96. The molecule has 2 aliphatic rings. The number of benzene rings is 1. The van der Waals surface area contributed by atoms with Crippen molar-refractivity contribution in [1.29, 1.82) is 5.26 Å². The second-order valence-electron chi connectivity index (χ2n) is 7.85. The third-order valence-electron chi connectivity index (χ3n) is 5.38. The summed E-state index contributed by atoms with van der Waals surface area (Å²) in [5.41, 5.74) is 6.80. The van der Waals surface area contributed by atoms with Crippen LogP contribution in [-0.4, -0.2) is 45.3 Å². The van der Waals surface area contributed by atoms with Gasteiger partial charge in [-0.3, -0.25) is 9.59 Å². The van der Waals surface area contributed by atoms with Gasteiger partial charge in [0.25, 0.3) is 0 Å². The fourth-order valence-electron chi connectivity index (χ4n) is 3.85. The number of β-lactam (4-membered cyclic amide) rings is 1. The first-order valence-corrected chi connectivity index (χ1v) is 10.5. The number of amides is 1. The monoisotopic (exact) mass is 415 g/mol. The van der Waals surface area contributed by atoms with Crippen LogP contribution >= 0.6 is 11.8 Å². The van der Waals surface area contributed by atoms with Gasteiger partial charge >= 0.3 is 5.97 Å². The third kappa shape index (κ3) is 4.16. The SMILES string of the molecule is CC1(C)S[C@@H]2[C@H](CC(=O)[C@H](N)c3ccccc3)C(=O)N2[C@H]1C(=O)OCCCC#N. The topological polar surface area (TPSA) is 113 Å². The van der Waals surface area contributed by atoms with Gasteiger partial charge in [-0.1, -0.05) is 30.3 Å². The molecule has 2 heterocycles. The highest BCUT2D eigenvalue weighted by Gasteiger charge is 2.64. The molecule has 8 heteroatoms. The third-order valence-corrected chi connectivity index (χ3v) is 7.01. The molecule has 0 bridgehead atoms. The first kappa shape index (κ1) is 21.3. The van der Waals surface area contributed by atoms with Crippen molar-refractivity contribution < 1.29 is 19.1 Å². The molecule has 0 saturated carbocycles. The van der Waals surface area contributed by atoms with Gasteiger partial charge in [-0.25, -0.2) is 4.79 Å². The molecule has 29 heavy (non-hydrogen) atoms. The molecule has 4 atom stereocenters. The van der Waals surface area contributed by atoms with E-state index in [4.69, 9.17) is 15.7 Å². The highest BCUT2D eigenvalue weighted by molar-refractivity contribution is 8.01. The quantitative estimate of drug-likeness (QED) is 0.393. The molecular weight excluding hydrogens is 390 g/mol. The zero-order chi connectivity index (χ0) is 21.2. The number of nitrogens with zero attached hydrogens (tertiary/aromatic N) is 2. The maximum absolute atomic E-state index is 12.8. The number of hydrogen-bond donors (Lipinski definition) is 1. The lowest BCUT2D eigenvalue weighted by molar-refractivity contribution is -0.167. The summed E-state index contributed by atoms with van der Waals surface area (Å²) in [6.07, 6.45) is 0.838. The van der Waals surface area contributed by atoms with Crippen molar-refractivity contribution in [1.82, 2.24) is 4.90 Å². The standard InChI is InChI=1S/C21H25N3O4S/c1-21(2)17(20(27)28-11-7-6-10-22)24-18(26)14(19(24)29-21)12-15(25)16(23)13-8-4-3-5-9-13/h3-5,8-9,14,16-17,19H,6-7,11-12,23H2,1-2H3/t14-,16-,17+,19-/m1/s1. The van der Waals surface area contributed by atoms with Gasteiger partial charge in [-0.15, -0.1) is 11.8 Å². The summed E-state index contributed by atoms with van der Waals surface area (Å²) in [5, 5.41) is 8.34. The Kier molecular flexibility index (Phi) is 6.30. The largest absolute Gasteiger partial charge is 0.464 e. The van der Waals surface area contributed by atoms with Gasteiger partial charge in [0.05, 0.1) is 30.0 Å². The van der Waals surface area contributed by atoms with E-state index in [9.17, 15) is 14.4 Å². The predicted octanol–water partition coefficient (Wildman–Crippen LogP) is 2.17. The van der Waals surface area contributed by atoms with Crippen LogP contribution in [0.15, 0.2) is 30.3 Å².